The number of rotatable bonds is 7. The summed E-state index contributed by atoms with van der Waals surface area (Å²) in [5.74, 6) is -1.07. The van der Waals surface area contributed by atoms with Crippen molar-refractivity contribution in [3.8, 4) is 0 Å². The standard InChI is InChI=1S/C24H24N2O5S/c1-17-12-14-20(15-13-17)32(29,30)26(19-8-5-4-6-9-19)16-23(27)25-22-11-7-10-21(18(22)2)24(28)31-3/h4-15H,16H2,1-3H3,(H,25,27). The molecule has 7 nitrogen and oxygen atoms in total. The van der Waals surface area contributed by atoms with Crippen molar-refractivity contribution < 1.29 is 22.7 Å². The molecule has 0 aliphatic rings. The Hall–Kier alpha value is -3.65. The Morgan fingerprint density at radius 1 is 0.906 bits per heavy atom. The number of para-hydroxylation sites is 1. The van der Waals surface area contributed by atoms with Gasteiger partial charge in [-0.1, -0.05) is 42.0 Å². The highest BCUT2D eigenvalue weighted by Gasteiger charge is 2.27. The van der Waals surface area contributed by atoms with Gasteiger partial charge in [0.1, 0.15) is 6.54 Å². The van der Waals surface area contributed by atoms with Gasteiger partial charge in [-0.15, -0.1) is 0 Å². The zero-order valence-corrected chi connectivity index (χ0v) is 18.8. The monoisotopic (exact) mass is 452 g/mol. The fraction of sp³-hybridized carbons (Fsp3) is 0.167. The molecular weight excluding hydrogens is 428 g/mol. The van der Waals surface area contributed by atoms with Gasteiger partial charge in [-0.3, -0.25) is 9.10 Å². The number of carbonyl (C=O) groups excluding carboxylic acids is 2. The van der Waals surface area contributed by atoms with E-state index in [0.29, 0.717) is 22.5 Å². The average Bonchev–Trinajstić information content (AvgIpc) is 2.79. The molecule has 1 N–H and O–H groups in total. The van der Waals surface area contributed by atoms with E-state index in [1.807, 2.05) is 6.92 Å². The molecule has 166 valence electrons. The predicted molar refractivity (Wildman–Crippen MR) is 123 cm³/mol. The molecule has 3 aromatic carbocycles. The van der Waals surface area contributed by atoms with Crippen LogP contribution in [0.15, 0.2) is 77.7 Å². The number of hydrogen-bond donors (Lipinski definition) is 1. The molecule has 0 saturated carbocycles. The average molecular weight is 453 g/mol. The van der Waals surface area contributed by atoms with Gasteiger partial charge in [-0.25, -0.2) is 13.2 Å². The van der Waals surface area contributed by atoms with Crippen LogP contribution in [-0.4, -0.2) is 33.9 Å². The van der Waals surface area contributed by atoms with Crippen molar-refractivity contribution in [3.63, 3.8) is 0 Å². The van der Waals surface area contributed by atoms with Crippen LogP contribution >= 0.6 is 0 Å². The van der Waals surface area contributed by atoms with Crippen molar-refractivity contribution in [1.82, 2.24) is 0 Å². The van der Waals surface area contributed by atoms with Crippen LogP contribution in [-0.2, 0) is 19.6 Å². The molecule has 8 heteroatoms. The fourth-order valence-corrected chi connectivity index (χ4v) is 4.59. The Morgan fingerprint density at radius 2 is 1.56 bits per heavy atom. The van der Waals surface area contributed by atoms with Crippen LogP contribution < -0.4 is 9.62 Å². The topological polar surface area (TPSA) is 92.8 Å². The van der Waals surface area contributed by atoms with Crippen molar-refractivity contribution >= 4 is 33.3 Å². The van der Waals surface area contributed by atoms with E-state index in [2.05, 4.69) is 5.32 Å². The summed E-state index contributed by atoms with van der Waals surface area (Å²) in [7, 11) is -2.72. The maximum absolute atomic E-state index is 13.4. The predicted octanol–water partition coefficient (Wildman–Crippen LogP) is 3.92. The number of aryl methyl sites for hydroxylation is 1. The first kappa shape index (κ1) is 23.0. The maximum Gasteiger partial charge on any atom is 0.338 e. The van der Waals surface area contributed by atoms with Crippen LogP contribution in [0.5, 0.6) is 0 Å². The molecule has 0 saturated heterocycles. The molecule has 0 aromatic heterocycles. The van der Waals surface area contributed by atoms with E-state index in [0.717, 1.165) is 9.87 Å². The number of benzene rings is 3. The van der Waals surface area contributed by atoms with Crippen LogP contribution in [0.4, 0.5) is 11.4 Å². The van der Waals surface area contributed by atoms with E-state index in [1.165, 1.54) is 19.2 Å². The molecule has 32 heavy (non-hydrogen) atoms. The molecule has 0 spiro atoms. The lowest BCUT2D eigenvalue weighted by molar-refractivity contribution is -0.114. The lowest BCUT2D eigenvalue weighted by Gasteiger charge is -2.24. The van der Waals surface area contributed by atoms with Crippen LogP contribution in [0.3, 0.4) is 0 Å². The summed E-state index contributed by atoms with van der Waals surface area (Å²) in [5.41, 5.74) is 2.54. The number of anilines is 2. The van der Waals surface area contributed by atoms with Crippen molar-refractivity contribution in [1.29, 1.82) is 0 Å². The molecule has 3 rings (SSSR count). The first-order chi connectivity index (χ1) is 15.2. The highest BCUT2D eigenvalue weighted by Crippen LogP contribution is 2.25. The van der Waals surface area contributed by atoms with E-state index in [-0.39, 0.29) is 4.90 Å². The van der Waals surface area contributed by atoms with E-state index >= 15 is 0 Å². The summed E-state index contributed by atoms with van der Waals surface area (Å²) in [6.07, 6.45) is 0. The molecule has 0 atom stereocenters. The van der Waals surface area contributed by atoms with Gasteiger partial charge in [0.15, 0.2) is 0 Å². The second-order valence-corrected chi connectivity index (χ2v) is 9.04. The number of sulfonamides is 1. The Bertz CT molecular complexity index is 1220. The first-order valence-electron chi connectivity index (χ1n) is 9.86. The van der Waals surface area contributed by atoms with Gasteiger partial charge in [0, 0.05) is 5.69 Å². The first-order valence-corrected chi connectivity index (χ1v) is 11.3. The van der Waals surface area contributed by atoms with Crippen LogP contribution in [0.2, 0.25) is 0 Å². The largest absolute Gasteiger partial charge is 0.465 e. The SMILES string of the molecule is COC(=O)c1cccc(NC(=O)CN(c2ccccc2)S(=O)(=O)c2ccc(C)cc2)c1C. The molecule has 0 heterocycles. The summed E-state index contributed by atoms with van der Waals surface area (Å²) in [4.78, 5) is 24.9. The number of esters is 1. The minimum Gasteiger partial charge on any atom is -0.465 e. The van der Waals surface area contributed by atoms with E-state index in [9.17, 15) is 18.0 Å². The van der Waals surface area contributed by atoms with Gasteiger partial charge in [-0.2, -0.15) is 0 Å². The van der Waals surface area contributed by atoms with Gasteiger partial charge in [0.25, 0.3) is 10.0 Å². The van der Waals surface area contributed by atoms with Gasteiger partial charge in [-0.05, 0) is 55.8 Å². The number of amides is 1. The second-order valence-electron chi connectivity index (χ2n) is 7.18. The molecule has 0 aliphatic carbocycles. The summed E-state index contributed by atoms with van der Waals surface area (Å²) in [6.45, 7) is 3.10. The highest BCUT2D eigenvalue weighted by molar-refractivity contribution is 7.92. The molecule has 0 fully saturated rings. The zero-order chi connectivity index (χ0) is 23.3. The summed E-state index contributed by atoms with van der Waals surface area (Å²) in [5, 5.41) is 2.71. The molecule has 0 radical (unpaired) electrons. The Balaban J connectivity index is 1.92. The van der Waals surface area contributed by atoms with Gasteiger partial charge in [0.2, 0.25) is 5.91 Å². The Kier molecular flexibility index (Phi) is 6.95. The third kappa shape index (κ3) is 4.97. The normalized spacial score (nSPS) is 11.0. The molecule has 1 amide bonds. The molecule has 0 aliphatic heterocycles. The van der Waals surface area contributed by atoms with E-state index < -0.39 is 28.4 Å². The molecule has 3 aromatic rings. The zero-order valence-electron chi connectivity index (χ0n) is 18.0. The molecular formula is C24H24N2O5S. The quantitative estimate of drug-likeness (QED) is 0.549. The molecule has 0 unspecified atom stereocenters. The number of nitrogens with one attached hydrogen (secondary N) is 1. The number of carbonyl (C=O) groups is 2. The lowest BCUT2D eigenvalue weighted by atomic mass is 10.1. The Labute approximate surface area is 187 Å². The number of nitrogens with zero attached hydrogens (tertiary/aromatic N) is 1. The van der Waals surface area contributed by atoms with Gasteiger partial charge < -0.3 is 10.1 Å². The van der Waals surface area contributed by atoms with Crippen LogP contribution in [0.25, 0.3) is 0 Å². The van der Waals surface area contributed by atoms with Crippen molar-refractivity contribution in [2.45, 2.75) is 18.7 Å². The summed E-state index contributed by atoms with van der Waals surface area (Å²) in [6, 6.07) is 19.7. The summed E-state index contributed by atoms with van der Waals surface area (Å²) < 4.78 is 32.6. The minimum atomic E-state index is -4.00. The third-order valence-electron chi connectivity index (χ3n) is 4.95. The minimum absolute atomic E-state index is 0.0867. The highest BCUT2D eigenvalue weighted by atomic mass is 32.2. The lowest BCUT2D eigenvalue weighted by Crippen LogP contribution is -2.38. The fourth-order valence-electron chi connectivity index (χ4n) is 3.17. The van der Waals surface area contributed by atoms with Crippen molar-refractivity contribution in [3.05, 3.63) is 89.5 Å². The van der Waals surface area contributed by atoms with Gasteiger partial charge in [0.05, 0.1) is 23.3 Å². The maximum atomic E-state index is 13.4. The smallest absolute Gasteiger partial charge is 0.338 e. The second kappa shape index (κ2) is 9.65. The number of ether oxygens (including phenoxy) is 1. The summed E-state index contributed by atoms with van der Waals surface area (Å²) >= 11 is 0. The Morgan fingerprint density at radius 3 is 2.19 bits per heavy atom. The number of hydrogen-bond acceptors (Lipinski definition) is 5. The third-order valence-corrected chi connectivity index (χ3v) is 6.74. The van der Waals surface area contributed by atoms with E-state index in [1.54, 1.807) is 67.6 Å². The van der Waals surface area contributed by atoms with Crippen LogP contribution in [0, 0.1) is 13.8 Å². The van der Waals surface area contributed by atoms with E-state index in [4.69, 9.17) is 4.74 Å². The van der Waals surface area contributed by atoms with Crippen LogP contribution in [0.1, 0.15) is 21.5 Å². The van der Waals surface area contributed by atoms with Crippen molar-refractivity contribution in [2.75, 3.05) is 23.3 Å². The van der Waals surface area contributed by atoms with Crippen molar-refractivity contribution in [2.24, 2.45) is 0 Å². The van der Waals surface area contributed by atoms with Gasteiger partial charge >= 0.3 is 5.97 Å². The molecule has 0 bridgehead atoms. The number of methoxy groups -OCH3 is 1.